The second kappa shape index (κ2) is 5.64. The van der Waals surface area contributed by atoms with Crippen molar-refractivity contribution < 1.29 is 4.79 Å². The molecular weight excluding hydrogens is 228 g/mol. The predicted octanol–water partition coefficient (Wildman–Crippen LogP) is 0.249. The van der Waals surface area contributed by atoms with E-state index in [-0.39, 0.29) is 11.9 Å². The van der Waals surface area contributed by atoms with Gasteiger partial charge in [0, 0.05) is 32.9 Å². The molecule has 2 rings (SSSR count). The van der Waals surface area contributed by atoms with Crippen LogP contribution in [0.15, 0.2) is 24.9 Å². The highest BCUT2D eigenvalue weighted by Gasteiger charge is 2.29. The van der Waals surface area contributed by atoms with Gasteiger partial charge in [-0.15, -0.1) is 0 Å². The van der Waals surface area contributed by atoms with E-state index in [0.717, 1.165) is 24.5 Å². The Bertz CT molecular complexity index is 446. The minimum Gasteiger partial charge on any atom is -0.357 e. The zero-order valence-electron chi connectivity index (χ0n) is 10.5. The highest BCUT2D eigenvalue weighted by atomic mass is 16.2. The smallest absolute Gasteiger partial charge is 0.243 e. The first-order chi connectivity index (χ1) is 8.77. The van der Waals surface area contributed by atoms with Crippen molar-refractivity contribution in [3.05, 3.63) is 30.6 Å². The van der Waals surface area contributed by atoms with Gasteiger partial charge in [0.2, 0.25) is 5.91 Å². The maximum absolute atomic E-state index is 11.9. The summed E-state index contributed by atoms with van der Waals surface area (Å²) in [5, 5.41) is 5.94. The molecule has 2 heterocycles. The van der Waals surface area contributed by atoms with Crippen LogP contribution in [0.25, 0.3) is 6.08 Å². The van der Waals surface area contributed by atoms with Crippen molar-refractivity contribution in [2.45, 2.75) is 6.04 Å². The van der Waals surface area contributed by atoms with E-state index in [2.05, 4.69) is 27.1 Å². The number of likely N-dealkylation sites (N-methyl/N-ethyl adjacent to an activating group) is 1. The number of pyridine rings is 1. The number of nitrogens with zero attached hydrogens (tertiary/aromatic N) is 2. The lowest BCUT2D eigenvalue weighted by molar-refractivity contribution is -0.122. The first kappa shape index (κ1) is 12.6. The van der Waals surface area contributed by atoms with Crippen molar-refractivity contribution in [1.29, 1.82) is 0 Å². The summed E-state index contributed by atoms with van der Waals surface area (Å²) in [5.74, 6) is 0.0149. The molecule has 1 atom stereocenters. The van der Waals surface area contributed by atoms with Gasteiger partial charge in [-0.3, -0.25) is 9.78 Å². The minimum atomic E-state index is -0.202. The van der Waals surface area contributed by atoms with E-state index >= 15 is 0 Å². The van der Waals surface area contributed by atoms with Crippen molar-refractivity contribution in [2.24, 2.45) is 0 Å². The van der Waals surface area contributed by atoms with Gasteiger partial charge >= 0.3 is 0 Å². The van der Waals surface area contributed by atoms with Crippen LogP contribution in [-0.2, 0) is 4.79 Å². The third-order valence-corrected chi connectivity index (χ3v) is 3.11. The van der Waals surface area contributed by atoms with Crippen molar-refractivity contribution in [3.8, 4) is 0 Å². The lowest BCUT2D eigenvalue weighted by Gasteiger charge is -2.37. The molecule has 1 aromatic rings. The molecule has 1 amide bonds. The number of aromatic nitrogens is 1. The van der Waals surface area contributed by atoms with Gasteiger partial charge < -0.3 is 15.5 Å². The number of hydrogen-bond donors (Lipinski definition) is 2. The Morgan fingerprint density at radius 1 is 1.72 bits per heavy atom. The molecule has 18 heavy (non-hydrogen) atoms. The Kier molecular flexibility index (Phi) is 3.94. The quantitative estimate of drug-likeness (QED) is 0.802. The Morgan fingerprint density at radius 2 is 2.56 bits per heavy atom. The lowest BCUT2D eigenvalue weighted by Crippen LogP contribution is -2.57. The van der Waals surface area contributed by atoms with Gasteiger partial charge in [-0.2, -0.15) is 0 Å². The first-order valence-corrected chi connectivity index (χ1v) is 6.04. The van der Waals surface area contributed by atoms with E-state index in [1.165, 1.54) is 0 Å². The SMILES string of the molecule is C=Cc1ncccc1N1CCNCC1C(=O)NC. The topological polar surface area (TPSA) is 57.3 Å². The van der Waals surface area contributed by atoms with Gasteiger partial charge in [-0.05, 0) is 18.2 Å². The first-order valence-electron chi connectivity index (χ1n) is 6.04. The summed E-state index contributed by atoms with van der Waals surface area (Å²) in [7, 11) is 1.66. The molecule has 0 spiro atoms. The molecule has 0 saturated carbocycles. The zero-order chi connectivity index (χ0) is 13.0. The van der Waals surface area contributed by atoms with E-state index in [1.54, 1.807) is 19.3 Å². The van der Waals surface area contributed by atoms with Crippen LogP contribution in [0.1, 0.15) is 5.69 Å². The van der Waals surface area contributed by atoms with E-state index in [1.807, 2.05) is 12.1 Å². The van der Waals surface area contributed by atoms with Crippen molar-refractivity contribution in [2.75, 3.05) is 31.6 Å². The highest BCUT2D eigenvalue weighted by molar-refractivity contribution is 5.86. The number of hydrogen-bond acceptors (Lipinski definition) is 4. The summed E-state index contributed by atoms with van der Waals surface area (Å²) in [6.45, 7) is 6.06. The fraction of sp³-hybridized carbons (Fsp3) is 0.385. The summed E-state index contributed by atoms with van der Waals surface area (Å²) in [4.78, 5) is 18.3. The number of carbonyl (C=O) groups is 1. The molecule has 0 bridgehead atoms. The van der Waals surface area contributed by atoms with E-state index < -0.39 is 0 Å². The molecule has 1 saturated heterocycles. The fourth-order valence-corrected chi connectivity index (χ4v) is 2.20. The third-order valence-electron chi connectivity index (χ3n) is 3.11. The van der Waals surface area contributed by atoms with E-state index in [9.17, 15) is 4.79 Å². The van der Waals surface area contributed by atoms with Crippen molar-refractivity contribution >= 4 is 17.7 Å². The summed E-state index contributed by atoms with van der Waals surface area (Å²) in [5.41, 5.74) is 1.77. The van der Waals surface area contributed by atoms with Crippen LogP contribution in [0.3, 0.4) is 0 Å². The number of anilines is 1. The summed E-state index contributed by atoms with van der Waals surface area (Å²) in [6.07, 6.45) is 3.45. The van der Waals surface area contributed by atoms with E-state index in [4.69, 9.17) is 0 Å². The Labute approximate surface area is 107 Å². The van der Waals surface area contributed by atoms with Crippen LogP contribution in [-0.4, -0.2) is 43.6 Å². The van der Waals surface area contributed by atoms with Gasteiger partial charge in [0.05, 0.1) is 11.4 Å². The molecule has 1 fully saturated rings. The second-order valence-corrected chi connectivity index (χ2v) is 4.14. The standard InChI is InChI=1S/C13H18N4O/c1-3-10-11(5-4-6-16-10)17-8-7-15-9-12(17)13(18)14-2/h3-6,12,15H,1,7-9H2,2H3,(H,14,18). The molecule has 96 valence electrons. The van der Waals surface area contributed by atoms with E-state index in [0.29, 0.717) is 6.54 Å². The van der Waals surface area contributed by atoms with Crippen LogP contribution in [0.4, 0.5) is 5.69 Å². The van der Waals surface area contributed by atoms with Crippen LogP contribution in [0.2, 0.25) is 0 Å². The highest BCUT2D eigenvalue weighted by Crippen LogP contribution is 2.22. The van der Waals surface area contributed by atoms with Gasteiger partial charge in [-0.1, -0.05) is 6.58 Å². The molecular formula is C13H18N4O. The molecule has 2 N–H and O–H groups in total. The molecule has 1 aromatic heterocycles. The van der Waals surface area contributed by atoms with Gasteiger partial charge in [-0.25, -0.2) is 0 Å². The second-order valence-electron chi connectivity index (χ2n) is 4.14. The molecule has 5 heteroatoms. The summed E-state index contributed by atoms with van der Waals surface area (Å²) >= 11 is 0. The maximum Gasteiger partial charge on any atom is 0.243 e. The molecule has 0 aliphatic carbocycles. The molecule has 0 aromatic carbocycles. The largest absolute Gasteiger partial charge is 0.357 e. The minimum absolute atomic E-state index is 0.0149. The number of carbonyl (C=O) groups excluding carboxylic acids is 1. The van der Waals surface area contributed by atoms with Crippen LogP contribution in [0, 0.1) is 0 Å². The molecule has 1 aliphatic rings. The van der Waals surface area contributed by atoms with Gasteiger partial charge in [0.15, 0.2) is 0 Å². The van der Waals surface area contributed by atoms with Crippen LogP contribution < -0.4 is 15.5 Å². The monoisotopic (exact) mass is 246 g/mol. The molecule has 1 unspecified atom stereocenters. The maximum atomic E-state index is 11.9. The summed E-state index contributed by atoms with van der Waals surface area (Å²) < 4.78 is 0. The van der Waals surface area contributed by atoms with Crippen LogP contribution >= 0.6 is 0 Å². The lowest BCUT2D eigenvalue weighted by atomic mass is 10.1. The van der Waals surface area contributed by atoms with Crippen molar-refractivity contribution in [1.82, 2.24) is 15.6 Å². The number of nitrogens with one attached hydrogen (secondary N) is 2. The Morgan fingerprint density at radius 3 is 3.28 bits per heavy atom. The normalized spacial score (nSPS) is 19.4. The van der Waals surface area contributed by atoms with Crippen LogP contribution in [0.5, 0.6) is 0 Å². The van der Waals surface area contributed by atoms with Crippen molar-refractivity contribution in [3.63, 3.8) is 0 Å². The van der Waals surface area contributed by atoms with Gasteiger partial charge in [0.1, 0.15) is 6.04 Å². The Hall–Kier alpha value is -1.88. The molecule has 0 radical (unpaired) electrons. The number of piperazine rings is 1. The summed E-state index contributed by atoms with van der Waals surface area (Å²) in [6, 6.07) is 3.66. The van der Waals surface area contributed by atoms with Gasteiger partial charge in [0.25, 0.3) is 0 Å². The Balaban J connectivity index is 2.33. The average Bonchev–Trinajstić information content (AvgIpc) is 2.46. The fourth-order valence-electron chi connectivity index (χ4n) is 2.20. The molecule has 5 nitrogen and oxygen atoms in total. The number of rotatable bonds is 3. The molecule has 1 aliphatic heterocycles. The predicted molar refractivity (Wildman–Crippen MR) is 72.4 cm³/mol. The zero-order valence-corrected chi connectivity index (χ0v) is 10.5. The third kappa shape index (κ3) is 2.36. The average molecular weight is 246 g/mol. The number of amides is 1.